The van der Waals surface area contributed by atoms with Crippen LogP contribution in [-0.4, -0.2) is 4.98 Å². The van der Waals surface area contributed by atoms with Crippen molar-refractivity contribution in [1.82, 2.24) is 4.98 Å². The first-order valence-corrected chi connectivity index (χ1v) is 15.3. The highest BCUT2D eigenvalue weighted by Crippen LogP contribution is 2.46. The van der Waals surface area contributed by atoms with Crippen LogP contribution >= 0.6 is 0 Å². The van der Waals surface area contributed by atoms with E-state index in [1.807, 2.05) is 36.4 Å². The quantitative estimate of drug-likeness (QED) is 0.109. The van der Waals surface area contributed by atoms with Crippen LogP contribution in [0.5, 0.6) is 0 Å². The minimum absolute atomic E-state index is 0.263. The van der Waals surface area contributed by atoms with E-state index in [2.05, 4.69) is 77.8 Å². The maximum atomic E-state index is 13.9. The monoisotopic (exact) mass is 617 g/mol. The predicted octanol–water partition coefficient (Wildman–Crippen LogP) is 12.4. The van der Waals surface area contributed by atoms with E-state index in [9.17, 15) is 17.6 Å². The van der Waals surface area contributed by atoms with E-state index in [1.54, 1.807) is 0 Å². The van der Waals surface area contributed by atoms with Gasteiger partial charge in [-0.2, -0.15) is 13.2 Å². The van der Waals surface area contributed by atoms with Crippen molar-refractivity contribution in [2.75, 3.05) is 0 Å². The van der Waals surface area contributed by atoms with Crippen molar-refractivity contribution < 1.29 is 17.6 Å². The van der Waals surface area contributed by atoms with Gasteiger partial charge in [0.2, 0.25) is 0 Å². The standard InChI is InChI=1S/C42H23F4N/c43-32-16-13-24(14-17-32)40-33-5-1-3-7-35(33)41(36-8-4-2-6-34(36)40)31-21-27-11-9-25-19-30(29-15-18-37(47-23-29)42(44,45)46)20-26-10-12-28(22-31)39(27)38(25)26/h1-23H. The third-order valence-electron chi connectivity index (χ3n) is 9.27. The van der Waals surface area contributed by atoms with Crippen LogP contribution in [0.3, 0.4) is 0 Å². The lowest BCUT2D eigenvalue weighted by molar-refractivity contribution is -0.141. The summed E-state index contributed by atoms with van der Waals surface area (Å²) in [6.07, 6.45) is -3.19. The van der Waals surface area contributed by atoms with Crippen LogP contribution in [0.2, 0.25) is 0 Å². The van der Waals surface area contributed by atoms with Crippen LogP contribution in [0, 0.1) is 5.82 Å². The number of hydrogen-bond acceptors (Lipinski definition) is 1. The van der Waals surface area contributed by atoms with Gasteiger partial charge < -0.3 is 0 Å². The Bertz CT molecular complexity index is 2530. The molecular formula is C42H23F4N. The maximum Gasteiger partial charge on any atom is 0.433 e. The summed E-state index contributed by atoms with van der Waals surface area (Å²) < 4.78 is 53.3. The molecular weight excluding hydrogens is 594 g/mol. The molecule has 1 nitrogen and oxygen atoms in total. The zero-order valence-electron chi connectivity index (χ0n) is 24.7. The molecule has 5 heteroatoms. The Kier molecular flexibility index (Phi) is 5.91. The Balaban J connectivity index is 1.26. The molecule has 0 radical (unpaired) electrons. The molecule has 47 heavy (non-hydrogen) atoms. The van der Waals surface area contributed by atoms with Gasteiger partial charge >= 0.3 is 6.18 Å². The van der Waals surface area contributed by atoms with Gasteiger partial charge in [0.1, 0.15) is 11.5 Å². The normalized spacial score (nSPS) is 12.3. The molecule has 0 atom stereocenters. The van der Waals surface area contributed by atoms with E-state index < -0.39 is 11.9 Å². The van der Waals surface area contributed by atoms with Crippen molar-refractivity contribution in [2.24, 2.45) is 0 Å². The van der Waals surface area contributed by atoms with Crippen LogP contribution in [0.15, 0.2) is 140 Å². The van der Waals surface area contributed by atoms with Crippen molar-refractivity contribution in [3.8, 4) is 33.4 Å². The van der Waals surface area contributed by atoms with Crippen molar-refractivity contribution in [3.05, 3.63) is 151 Å². The fourth-order valence-corrected chi connectivity index (χ4v) is 7.25. The zero-order chi connectivity index (χ0) is 31.9. The predicted molar refractivity (Wildman–Crippen MR) is 184 cm³/mol. The molecule has 0 fully saturated rings. The molecule has 9 aromatic rings. The first-order chi connectivity index (χ1) is 22.8. The number of rotatable bonds is 3. The molecule has 0 aliphatic heterocycles. The molecule has 0 aliphatic carbocycles. The highest BCUT2D eigenvalue weighted by molar-refractivity contribution is 6.26. The molecule has 0 saturated heterocycles. The Hall–Kier alpha value is -5.81. The number of nitrogens with zero attached hydrogens (tertiary/aromatic N) is 1. The molecule has 9 rings (SSSR count). The highest BCUT2D eigenvalue weighted by Gasteiger charge is 2.32. The largest absolute Gasteiger partial charge is 0.433 e. The molecule has 0 bridgehead atoms. The maximum absolute atomic E-state index is 13.9. The molecule has 0 N–H and O–H groups in total. The number of pyridine rings is 1. The highest BCUT2D eigenvalue weighted by atomic mass is 19.4. The van der Waals surface area contributed by atoms with Crippen molar-refractivity contribution >= 4 is 53.9 Å². The Morgan fingerprint density at radius 1 is 0.426 bits per heavy atom. The van der Waals surface area contributed by atoms with Crippen molar-refractivity contribution in [3.63, 3.8) is 0 Å². The van der Waals surface area contributed by atoms with E-state index in [1.165, 1.54) is 24.4 Å². The van der Waals surface area contributed by atoms with Gasteiger partial charge in [-0.25, -0.2) is 4.39 Å². The first-order valence-electron chi connectivity index (χ1n) is 15.3. The first kappa shape index (κ1) is 27.5. The van der Waals surface area contributed by atoms with Gasteiger partial charge in [0.15, 0.2) is 0 Å². The fourth-order valence-electron chi connectivity index (χ4n) is 7.25. The topological polar surface area (TPSA) is 12.9 Å². The lowest BCUT2D eigenvalue weighted by Crippen LogP contribution is -2.07. The molecule has 0 unspecified atom stereocenters. The molecule has 8 aromatic carbocycles. The average Bonchev–Trinajstić information content (AvgIpc) is 3.09. The summed E-state index contributed by atoms with van der Waals surface area (Å²) in [5.41, 5.74) is 4.84. The average molecular weight is 618 g/mol. The van der Waals surface area contributed by atoms with Crippen molar-refractivity contribution in [1.29, 1.82) is 0 Å². The lowest BCUT2D eigenvalue weighted by atomic mass is 9.84. The SMILES string of the molecule is Fc1ccc(-c2c3ccccc3c(-c3cc4ccc5cc(-c6ccc(C(F)(F)F)nc6)cc6ccc(c3)c4c56)c3ccccc23)cc1. The minimum atomic E-state index is -4.48. The van der Waals surface area contributed by atoms with Crippen LogP contribution in [0.4, 0.5) is 17.6 Å². The molecule has 0 saturated carbocycles. The van der Waals surface area contributed by atoms with Gasteiger partial charge in [-0.1, -0.05) is 91.0 Å². The number of benzene rings is 8. The Morgan fingerprint density at radius 3 is 1.28 bits per heavy atom. The number of fused-ring (bicyclic) bond motifs is 2. The summed E-state index contributed by atoms with van der Waals surface area (Å²) >= 11 is 0. The van der Waals surface area contributed by atoms with E-state index in [-0.39, 0.29) is 5.82 Å². The summed E-state index contributed by atoms with van der Waals surface area (Å²) in [4.78, 5) is 3.67. The van der Waals surface area contributed by atoms with Crippen molar-refractivity contribution in [2.45, 2.75) is 6.18 Å². The number of alkyl halides is 3. The second kappa shape index (κ2) is 10.1. The van der Waals surface area contributed by atoms with Gasteiger partial charge in [0.25, 0.3) is 0 Å². The van der Waals surface area contributed by atoms with Crippen LogP contribution in [0.1, 0.15) is 5.69 Å². The second-order valence-electron chi connectivity index (χ2n) is 12.0. The summed E-state index contributed by atoms with van der Waals surface area (Å²) in [6, 6.07) is 43.0. The number of hydrogen-bond donors (Lipinski definition) is 0. The molecule has 224 valence electrons. The summed E-state index contributed by atoms with van der Waals surface area (Å²) in [7, 11) is 0. The van der Waals surface area contributed by atoms with Gasteiger partial charge in [0, 0.05) is 11.8 Å². The molecule has 0 amide bonds. The third kappa shape index (κ3) is 4.34. The Morgan fingerprint density at radius 2 is 0.851 bits per heavy atom. The molecule has 0 spiro atoms. The van der Waals surface area contributed by atoms with Crippen LogP contribution in [0.25, 0.3) is 87.2 Å². The van der Waals surface area contributed by atoms with E-state index >= 15 is 0 Å². The van der Waals surface area contributed by atoms with E-state index in [0.29, 0.717) is 5.56 Å². The van der Waals surface area contributed by atoms with Crippen LogP contribution in [-0.2, 0) is 6.18 Å². The van der Waals surface area contributed by atoms with E-state index in [0.717, 1.165) is 87.7 Å². The lowest BCUT2D eigenvalue weighted by Gasteiger charge is -2.19. The number of aromatic nitrogens is 1. The second-order valence-corrected chi connectivity index (χ2v) is 12.0. The smallest absolute Gasteiger partial charge is 0.251 e. The number of halogens is 4. The summed E-state index contributed by atoms with van der Waals surface area (Å²) in [5, 5.41) is 11.0. The molecule has 1 heterocycles. The Labute approximate surface area is 266 Å². The summed E-state index contributed by atoms with van der Waals surface area (Å²) in [5.74, 6) is -0.263. The van der Waals surface area contributed by atoms with Gasteiger partial charge in [-0.3, -0.25) is 4.98 Å². The minimum Gasteiger partial charge on any atom is -0.251 e. The van der Waals surface area contributed by atoms with Crippen LogP contribution < -0.4 is 0 Å². The zero-order valence-corrected chi connectivity index (χ0v) is 24.7. The molecule has 1 aromatic heterocycles. The van der Waals surface area contributed by atoms with Gasteiger partial charge in [0.05, 0.1) is 0 Å². The molecule has 0 aliphatic rings. The van der Waals surface area contributed by atoms with Gasteiger partial charge in [-0.05, 0) is 124 Å². The van der Waals surface area contributed by atoms with Gasteiger partial charge in [-0.15, -0.1) is 0 Å². The fraction of sp³-hybridized carbons (Fsp3) is 0.0238. The van der Waals surface area contributed by atoms with E-state index in [4.69, 9.17) is 0 Å². The third-order valence-corrected chi connectivity index (χ3v) is 9.27. The summed E-state index contributed by atoms with van der Waals surface area (Å²) in [6.45, 7) is 0.